The van der Waals surface area contributed by atoms with Crippen molar-refractivity contribution in [2.24, 2.45) is 4.99 Å². The Kier molecular flexibility index (Phi) is 2.27. The van der Waals surface area contributed by atoms with Gasteiger partial charge in [-0.3, -0.25) is 0 Å². The normalized spacial score (nSPS) is 11.9. The van der Waals surface area contributed by atoms with Gasteiger partial charge in [-0.15, -0.1) is 0 Å². The summed E-state index contributed by atoms with van der Waals surface area (Å²) in [5.74, 6) is 0.902. The molecule has 0 spiro atoms. The van der Waals surface area contributed by atoms with Crippen LogP contribution in [0.1, 0.15) is 5.76 Å². The molecule has 0 aliphatic rings. The van der Waals surface area contributed by atoms with E-state index in [1.807, 2.05) is 42.6 Å². The molecule has 0 amide bonds. The molecule has 2 nitrogen and oxygen atoms in total. The van der Waals surface area contributed by atoms with Crippen molar-refractivity contribution >= 4 is 17.0 Å². The van der Waals surface area contributed by atoms with Gasteiger partial charge in [0.2, 0.25) is 0 Å². The summed E-state index contributed by atoms with van der Waals surface area (Å²) in [6.07, 6.45) is 0. The molecule has 0 aliphatic carbocycles. The van der Waals surface area contributed by atoms with Gasteiger partial charge in [-0.1, -0.05) is 29.5 Å². The Morgan fingerprint density at radius 1 is 1.23 bits per heavy atom. The van der Waals surface area contributed by atoms with Crippen LogP contribution in [0.5, 0.6) is 0 Å². The lowest BCUT2D eigenvalue weighted by molar-refractivity contribution is 0.494. The predicted octanol–water partition coefficient (Wildman–Crippen LogP) is 2.88. The van der Waals surface area contributed by atoms with Crippen molar-refractivity contribution in [2.75, 3.05) is 0 Å². The van der Waals surface area contributed by atoms with Gasteiger partial charge in [0, 0.05) is 5.38 Å². The Hall–Kier alpha value is -1.35. The van der Waals surface area contributed by atoms with E-state index in [0.717, 1.165) is 11.4 Å². The van der Waals surface area contributed by atoms with E-state index in [9.17, 15) is 0 Å². The van der Waals surface area contributed by atoms with Crippen molar-refractivity contribution in [1.29, 1.82) is 0 Å². The Morgan fingerprint density at radius 3 is 2.62 bits per heavy atom. The second-order valence-corrected chi connectivity index (χ2v) is 3.48. The topological polar surface area (TPSA) is 25.5 Å². The Labute approximate surface area is 80.2 Å². The summed E-state index contributed by atoms with van der Waals surface area (Å²) in [6, 6.07) is 9.78. The Morgan fingerprint density at radius 2 is 2.00 bits per heavy atom. The number of rotatable bonds is 1. The van der Waals surface area contributed by atoms with Crippen LogP contribution in [-0.2, 0) is 0 Å². The number of aryl methyl sites for hydroxylation is 1. The van der Waals surface area contributed by atoms with E-state index >= 15 is 0 Å². The third kappa shape index (κ3) is 2.06. The fourth-order valence-corrected chi connectivity index (χ4v) is 1.63. The van der Waals surface area contributed by atoms with Gasteiger partial charge in [-0.05, 0) is 19.1 Å². The van der Waals surface area contributed by atoms with Crippen LogP contribution in [0.2, 0.25) is 0 Å². The minimum Gasteiger partial charge on any atom is -0.435 e. The number of para-hydroxylation sites is 1. The van der Waals surface area contributed by atoms with E-state index in [0.29, 0.717) is 4.87 Å². The maximum Gasteiger partial charge on any atom is 0.278 e. The molecule has 0 fully saturated rings. The van der Waals surface area contributed by atoms with E-state index in [1.165, 1.54) is 11.3 Å². The van der Waals surface area contributed by atoms with Crippen LogP contribution in [0, 0.1) is 6.92 Å². The summed E-state index contributed by atoms with van der Waals surface area (Å²) in [5.41, 5.74) is 0.924. The average Bonchev–Trinajstić information content (AvgIpc) is 2.53. The average molecular weight is 191 g/mol. The second-order valence-electron chi connectivity index (χ2n) is 2.66. The molecule has 0 radical (unpaired) electrons. The minimum atomic E-state index is 0.698. The quantitative estimate of drug-likeness (QED) is 0.680. The molecule has 13 heavy (non-hydrogen) atoms. The molecule has 0 aliphatic heterocycles. The highest BCUT2D eigenvalue weighted by Crippen LogP contribution is 2.09. The summed E-state index contributed by atoms with van der Waals surface area (Å²) in [6.45, 7) is 1.92. The fraction of sp³-hybridized carbons (Fsp3) is 0.100. The molecule has 0 saturated carbocycles. The molecule has 66 valence electrons. The van der Waals surface area contributed by atoms with E-state index in [1.54, 1.807) is 0 Å². The van der Waals surface area contributed by atoms with Gasteiger partial charge in [0.25, 0.3) is 4.87 Å². The highest BCUT2D eigenvalue weighted by Gasteiger charge is 1.91. The monoisotopic (exact) mass is 191 g/mol. The van der Waals surface area contributed by atoms with Crippen LogP contribution >= 0.6 is 11.3 Å². The van der Waals surface area contributed by atoms with Crippen LogP contribution in [0.15, 0.2) is 45.1 Å². The molecule has 2 rings (SSSR count). The molecule has 1 heterocycles. The van der Waals surface area contributed by atoms with Crippen molar-refractivity contribution < 1.29 is 4.42 Å². The first-order chi connectivity index (χ1) is 6.34. The molecule has 0 unspecified atom stereocenters. The number of benzene rings is 1. The maximum atomic E-state index is 5.34. The van der Waals surface area contributed by atoms with E-state index < -0.39 is 0 Å². The highest BCUT2D eigenvalue weighted by atomic mass is 32.1. The van der Waals surface area contributed by atoms with Crippen molar-refractivity contribution in [3.63, 3.8) is 0 Å². The van der Waals surface area contributed by atoms with Gasteiger partial charge in [0.1, 0.15) is 5.76 Å². The molecule has 1 aromatic carbocycles. The lowest BCUT2D eigenvalue weighted by Crippen LogP contribution is -1.87. The smallest absolute Gasteiger partial charge is 0.278 e. The van der Waals surface area contributed by atoms with Gasteiger partial charge in [-0.2, -0.15) is 0 Å². The van der Waals surface area contributed by atoms with Crippen molar-refractivity contribution in [3.05, 3.63) is 46.3 Å². The third-order valence-corrected chi connectivity index (χ3v) is 2.38. The van der Waals surface area contributed by atoms with Crippen LogP contribution in [0.25, 0.3) is 0 Å². The van der Waals surface area contributed by atoms with Gasteiger partial charge >= 0.3 is 0 Å². The van der Waals surface area contributed by atoms with Crippen LogP contribution in [0.3, 0.4) is 0 Å². The first kappa shape index (κ1) is 8.26. The molecule has 2 aromatic rings. The molecule has 1 aromatic heterocycles. The summed E-state index contributed by atoms with van der Waals surface area (Å²) < 4.78 is 5.34. The summed E-state index contributed by atoms with van der Waals surface area (Å²) in [5, 5.41) is 1.95. The molecule has 3 heteroatoms. The van der Waals surface area contributed by atoms with Crippen molar-refractivity contribution in [2.45, 2.75) is 6.92 Å². The lowest BCUT2D eigenvalue weighted by atomic mass is 10.3. The van der Waals surface area contributed by atoms with E-state index in [2.05, 4.69) is 4.99 Å². The third-order valence-electron chi connectivity index (χ3n) is 1.55. The minimum absolute atomic E-state index is 0.698. The second kappa shape index (κ2) is 3.58. The van der Waals surface area contributed by atoms with Crippen molar-refractivity contribution in [1.82, 2.24) is 0 Å². The van der Waals surface area contributed by atoms with E-state index in [4.69, 9.17) is 4.42 Å². The molecule has 0 bridgehead atoms. The zero-order valence-electron chi connectivity index (χ0n) is 7.23. The zero-order chi connectivity index (χ0) is 9.10. The number of hydrogen-bond acceptors (Lipinski definition) is 3. The van der Waals surface area contributed by atoms with Gasteiger partial charge < -0.3 is 4.42 Å². The molecular formula is C10H9NOS. The van der Waals surface area contributed by atoms with Gasteiger partial charge in [-0.25, -0.2) is 4.99 Å². The lowest BCUT2D eigenvalue weighted by Gasteiger charge is -1.87. The standard InChI is InChI=1S/C10H9NOS/c1-8-7-13-10(12-8)11-9-5-3-2-4-6-9/h2-7H,1H3. The zero-order valence-corrected chi connectivity index (χ0v) is 8.04. The Bertz CT molecular complexity index is 441. The van der Waals surface area contributed by atoms with Gasteiger partial charge in [0.05, 0.1) is 5.69 Å². The fourth-order valence-electron chi connectivity index (χ4n) is 0.976. The molecule has 0 atom stereocenters. The first-order valence-corrected chi connectivity index (χ1v) is 4.87. The van der Waals surface area contributed by atoms with Crippen LogP contribution < -0.4 is 4.87 Å². The largest absolute Gasteiger partial charge is 0.435 e. The number of hydrogen-bond donors (Lipinski definition) is 0. The maximum absolute atomic E-state index is 5.34. The van der Waals surface area contributed by atoms with Gasteiger partial charge in [0.15, 0.2) is 0 Å². The van der Waals surface area contributed by atoms with Crippen LogP contribution in [-0.4, -0.2) is 0 Å². The summed E-state index contributed by atoms with van der Waals surface area (Å²) >= 11 is 1.51. The molecular weight excluding hydrogens is 182 g/mol. The first-order valence-electron chi connectivity index (χ1n) is 3.99. The number of nitrogens with zero attached hydrogens (tertiary/aromatic N) is 1. The van der Waals surface area contributed by atoms with Crippen LogP contribution in [0.4, 0.5) is 5.69 Å². The highest BCUT2D eigenvalue weighted by molar-refractivity contribution is 7.06. The Balaban J connectivity index is 2.42. The summed E-state index contributed by atoms with van der Waals surface area (Å²) in [7, 11) is 0. The SMILES string of the molecule is Cc1csc(=Nc2ccccc2)o1. The predicted molar refractivity (Wildman–Crippen MR) is 53.0 cm³/mol. The summed E-state index contributed by atoms with van der Waals surface area (Å²) in [4.78, 5) is 5.01. The molecule has 0 N–H and O–H groups in total. The molecule has 0 saturated heterocycles. The van der Waals surface area contributed by atoms with E-state index in [-0.39, 0.29) is 0 Å². The van der Waals surface area contributed by atoms with Crippen molar-refractivity contribution in [3.8, 4) is 0 Å².